The molecule has 0 aliphatic rings. The number of carbonyl (C=O) groups is 3. The highest BCUT2D eigenvalue weighted by Gasteiger charge is 2.35. The highest BCUT2D eigenvalue weighted by molar-refractivity contribution is 7.12. The predicted octanol–water partition coefficient (Wildman–Crippen LogP) is 5.52. The lowest BCUT2D eigenvalue weighted by Gasteiger charge is -2.34. The van der Waals surface area contributed by atoms with Crippen molar-refractivity contribution in [2.24, 2.45) is 0 Å². The monoisotopic (exact) mass is 511 g/mol. The second-order valence-electron chi connectivity index (χ2n) is 8.94. The van der Waals surface area contributed by atoms with Crippen LogP contribution in [-0.4, -0.2) is 29.8 Å². The van der Waals surface area contributed by atoms with Gasteiger partial charge >= 0.3 is 0 Å². The summed E-state index contributed by atoms with van der Waals surface area (Å²) in [6, 6.07) is 16.8. The van der Waals surface area contributed by atoms with E-state index in [1.807, 2.05) is 52.0 Å². The maximum atomic E-state index is 13.7. The number of hydrogen-bond acceptors (Lipinski definition) is 4. The summed E-state index contributed by atoms with van der Waals surface area (Å²) in [6.07, 6.45) is 0.710. The number of anilines is 1. The Morgan fingerprint density at radius 3 is 2.37 bits per heavy atom. The zero-order chi connectivity index (χ0) is 25.6. The quantitative estimate of drug-likeness (QED) is 0.397. The van der Waals surface area contributed by atoms with E-state index in [4.69, 9.17) is 11.6 Å². The van der Waals surface area contributed by atoms with Crippen LogP contribution in [0.3, 0.4) is 0 Å². The molecule has 0 spiro atoms. The van der Waals surface area contributed by atoms with E-state index in [-0.39, 0.29) is 18.4 Å². The zero-order valence-corrected chi connectivity index (χ0v) is 21.9. The van der Waals surface area contributed by atoms with E-state index < -0.39 is 17.5 Å². The number of halogens is 1. The van der Waals surface area contributed by atoms with Crippen molar-refractivity contribution in [3.63, 3.8) is 0 Å². The number of aryl methyl sites for hydroxylation is 1. The third kappa shape index (κ3) is 6.93. The maximum absolute atomic E-state index is 13.7. The Labute approximate surface area is 215 Å². The van der Waals surface area contributed by atoms with Gasteiger partial charge in [-0.1, -0.05) is 60.5 Å². The van der Waals surface area contributed by atoms with Gasteiger partial charge in [0.1, 0.15) is 6.04 Å². The summed E-state index contributed by atoms with van der Waals surface area (Å²) >= 11 is 7.55. The molecule has 3 aromatic rings. The van der Waals surface area contributed by atoms with Crippen LogP contribution >= 0.6 is 22.9 Å². The van der Waals surface area contributed by atoms with Crippen molar-refractivity contribution in [2.75, 3.05) is 11.4 Å². The van der Waals surface area contributed by atoms with E-state index in [2.05, 4.69) is 10.6 Å². The first-order valence-corrected chi connectivity index (χ1v) is 12.6. The van der Waals surface area contributed by atoms with Gasteiger partial charge in [-0.3, -0.25) is 19.3 Å². The van der Waals surface area contributed by atoms with Crippen LogP contribution < -0.4 is 15.5 Å². The van der Waals surface area contributed by atoms with E-state index in [1.165, 1.54) is 16.2 Å². The van der Waals surface area contributed by atoms with Gasteiger partial charge in [0, 0.05) is 16.2 Å². The standard InChI is InChI=1S/C27H30ClN3O3S/c1-5-27(3,4)30-26(34)24(19-13-11-18(2)12-14-19)31(21-9-6-8-20(28)16-21)23(32)17-29-25(33)22-10-7-15-35-22/h6-16,24H,5,17H2,1-4H3,(H,29,33)(H,30,34)/t24-/m0/s1. The van der Waals surface area contributed by atoms with Gasteiger partial charge in [-0.2, -0.15) is 0 Å². The first-order valence-electron chi connectivity index (χ1n) is 11.4. The molecule has 2 aromatic carbocycles. The van der Waals surface area contributed by atoms with Crippen molar-refractivity contribution in [1.29, 1.82) is 0 Å². The molecular formula is C27H30ClN3O3S. The van der Waals surface area contributed by atoms with Crippen molar-refractivity contribution in [1.82, 2.24) is 10.6 Å². The molecule has 6 nitrogen and oxygen atoms in total. The number of amides is 3. The zero-order valence-electron chi connectivity index (χ0n) is 20.3. The van der Waals surface area contributed by atoms with Gasteiger partial charge in [0.25, 0.3) is 5.91 Å². The van der Waals surface area contributed by atoms with Crippen molar-refractivity contribution >= 4 is 46.3 Å². The van der Waals surface area contributed by atoms with Crippen molar-refractivity contribution in [3.05, 3.63) is 87.1 Å². The summed E-state index contributed by atoms with van der Waals surface area (Å²) in [5, 5.41) is 7.98. The molecule has 1 aromatic heterocycles. The lowest BCUT2D eigenvalue weighted by Crippen LogP contribution is -2.52. The second-order valence-corrected chi connectivity index (χ2v) is 10.3. The largest absolute Gasteiger partial charge is 0.349 e. The lowest BCUT2D eigenvalue weighted by atomic mass is 9.97. The van der Waals surface area contributed by atoms with E-state index in [0.717, 1.165) is 5.56 Å². The van der Waals surface area contributed by atoms with Crippen molar-refractivity contribution in [2.45, 2.75) is 45.7 Å². The normalized spacial score (nSPS) is 12.0. The van der Waals surface area contributed by atoms with Crippen LogP contribution in [0.4, 0.5) is 5.69 Å². The Bertz CT molecular complexity index is 1180. The summed E-state index contributed by atoms with van der Waals surface area (Å²) in [5.41, 5.74) is 1.67. The van der Waals surface area contributed by atoms with Gasteiger partial charge in [0.15, 0.2) is 0 Å². The topological polar surface area (TPSA) is 78.5 Å². The number of benzene rings is 2. The van der Waals surface area contributed by atoms with Gasteiger partial charge in [0.2, 0.25) is 11.8 Å². The molecule has 0 saturated carbocycles. The first-order chi connectivity index (χ1) is 16.6. The summed E-state index contributed by atoms with van der Waals surface area (Å²) in [7, 11) is 0. The lowest BCUT2D eigenvalue weighted by molar-refractivity contribution is -0.127. The second kappa shape index (κ2) is 11.5. The molecule has 0 aliphatic heterocycles. The molecular weight excluding hydrogens is 482 g/mol. The third-order valence-electron chi connectivity index (χ3n) is 5.75. The highest BCUT2D eigenvalue weighted by Crippen LogP contribution is 2.31. The molecule has 0 fully saturated rings. The Morgan fingerprint density at radius 1 is 1.06 bits per heavy atom. The minimum Gasteiger partial charge on any atom is -0.349 e. The smallest absolute Gasteiger partial charge is 0.261 e. The van der Waals surface area contributed by atoms with Crippen LogP contribution in [0, 0.1) is 6.92 Å². The van der Waals surface area contributed by atoms with E-state index in [1.54, 1.807) is 41.8 Å². The molecule has 0 bridgehead atoms. The van der Waals surface area contributed by atoms with E-state index >= 15 is 0 Å². The SMILES string of the molecule is CCC(C)(C)NC(=O)[C@H](c1ccc(C)cc1)N(C(=O)CNC(=O)c1cccs1)c1cccc(Cl)c1. The molecule has 0 saturated heterocycles. The fourth-order valence-corrected chi connectivity index (χ4v) is 4.28. The van der Waals surface area contributed by atoms with Gasteiger partial charge in [0.05, 0.1) is 11.4 Å². The van der Waals surface area contributed by atoms with Crippen molar-refractivity contribution in [3.8, 4) is 0 Å². The molecule has 8 heteroatoms. The average molecular weight is 512 g/mol. The minimum absolute atomic E-state index is 0.282. The Hall–Kier alpha value is -3.16. The highest BCUT2D eigenvalue weighted by atomic mass is 35.5. The number of nitrogens with zero attached hydrogens (tertiary/aromatic N) is 1. The molecule has 0 aliphatic carbocycles. The Kier molecular flexibility index (Phi) is 8.70. The molecule has 1 heterocycles. The van der Waals surface area contributed by atoms with Crippen LogP contribution in [0.2, 0.25) is 5.02 Å². The molecule has 0 radical (unpaired) electrons. The number of thiophene rings is 1. The number of carbonyl (C=O) groups excluding carboxylic acids is 3. The number of nitrogens with one attached hydrogen (secondary N) is 2. The van der Waals surface area contributed by atoms with Crippen LogP contribution in [-0.2, 0) is 9.59 Å². The molecule has 2 N–H and O–H groups in total. The fourth-order valence-electron chi connectivity index (χ4n) is 3.46. The Balaban J connectivity index is 2.03. The summed E-state index contributed by atoms with van der Waals surface area (Å²) < 4.78 is 0. The van der Waals surface area contributed by atoms with E-state index in [0.29, 0.717) is 27.6 Å². The summed E-state index contributed by atoms with van der Waals surface area (Å²) in [5.74, 6) is -1.10. The molecule has 3 rings (SSSR count). The first kappa shape index (κ1) is 26.4. The number of hydrogen-bond donors (Lipinski definition) is 2. The minimum atomic E-state index is -0.967. The molecule has 184 valence electrons. The van der Waals surface area contributed by atoms with Gasteiger partial charge in [-0.05, 0) is 62.4 Å². The van der Waals surface area contributed by atoms with Crippen LogP contribution in [0.25, 0.3) is 0 Å². The predicted molar refractivity (Wildman–Crippen MR) is 142 cm³/mol. The molecule has 3 amide bonds. The van der Waals surface area contributed by atoms with Crippen molar-refractivity contribution < 1.29 is 14.4 Å². The van der Waals surface area contributed by atoms with Crippen LogP contribution in [0.5, 0.6) is 0 Å². The average Bonchev–Trinajstić information content (AvgIpc) is 3.36. The Morgan fingerprint density at radius 2 is 1.77 bits per heavy atom. The van der Waals surface area contributed by atoms with Gasteiger partial charge in [-0.25, -0.2) is 0 Å². The summed E-state index contributed by atoms with van der Waals surface area (Å²) in [6.45, 7) is 7.53. The van der Waals surface area contributed by atoms with Gasteiger partial charge < -0.3 is 10.6 Å². The molecule has 35 heavy (non-hydrogen) atoms. The summed E-state index contributed by atoms with van der Waals surface area (Å²) in [4.78, 5) is 41.8. The molecule has 0 unspecified atom stereocenters. The van der Waals surface area contributed by atoms with Crippen LogP contribution in [0.1, 0.15) is 54.0 Å². The van der Waals surface area contributed by atoms with Gasteiger partial charge in [-0.15, -0.1) is 11.3 Å². The maximum Gasteiger partial charge on any atom is 0.261 e. The third-order valence-corrected chi connectivity index (χ3v) is 6.85. The fraction of sp³-hybridized carbons (Fsp3) is 0.296. The molecule has 1 atom stereocenters. The van der Waals surface area contributed by atoms with Crippen LogP contribution in [0.15, 0.2) is 66.0 Å². The van der Waals surface area contributed by atoms with E-state index in [9.17, 15) is 14.4 Å². The number of rotatable bonds is 9.